The van der Waals surface area contributed by atoms with Gasteiger partial charge in [-0.25, -0.2) is 24.5 Å². The van der Waals surface area contributed by atoms with Gasteiger partial charge in [0, 0.05) is 24.1 Å². The molecule has 16 nitrogen and oxygen atoms in total. The maximum absolute atomic E-state index is 14.0. The maximum atomic E-state index is 14.0. The number of unbranched alkanes of at least 4 members (excludes halogenated alkanes) is 1. The molecule has 6 rings (SSSR count). The van der Waals surface area contributed by atoms with Crippen molar-refractivity contribution in [2.75, 3.05) is 33.9 Å². The van der Waals surface area contributed by atoms with E-state index in [0.717, 1.165) is 70.6 Å². The number of aromatic nitrogens is 6. The summed E-state index contributed by atoms with van der Waals surface area (Å²) >= 11 is 0. The fourth-order valence-corrected chi connectivity index (χ4v) is 6.59. The van der Waals surface area contributed by atoms with Gasteiger partial charge in [-0.1, -0.05) is 68.9 Å². The Morgan fingerprint density at radius 2 is 1.56 bits per heavy atom. The first-order valence-corrected chi connectivity index (χ1v) is 19.9. The number of alkyl carbamates (subject to hydrolysis) is 2. The molecule has 5 aromatic rings. The molecule has 1 aliphatic rings. The predicted octanol–water partition coefficient (Wildman–Crippen LogP) is 6.93. The minimum atomic E-state index is -0.849. The average Bonchev–Trinajstić information content (AvgIpc) is 4.05. The molecule has 3 aromatic heterocycles. The molecule has 2 unspecified atom stereocenters. The zero-order valence-corrected chi connectivity index (χ0v) is 34.4. The first-order chi connectivity index (χ1) is 28.5. The van der Waals surface area contributed by atoms with E-state index in [4.69, 9.17) is 9.72 Å². The Bertz CT molecular complexity index is 2190. The number of rotatable bonds is 14. The Kier molecular flexibility index (Phi) is 15.5. The molecule has 0 aliphatic carbocycles. The summed E-state index contributed by atoms with van der Waals surface area (Å²) in [5.41, 5.74) is 6.52. The molecule has 0 bridgehead atoms. The third kappa shape index (κ3) is 11.4. The summed E-state index contributed by atoms with van der Waals surface area (Å²) in [5, 5.41) is 4.93. The second-order valence-corrected chi connectivity index (χ2v) is 14.5. The molecule has 2 aromatic carbocycles. The van der Waals surface area contributed by atoms with Crippen LogP contribution in [-0.4, -0.2) is 104 Å². The van der Waals surface area contributed by atoms with E-state index in [1.165, 1.54) is 13.5 Å². The van der Waals surface area contributed by atoms with Gasteiger partial charge in [0.25, 0.3) is 5.91 Å². The number of hydrogen-bond donors (Lipinski definition) is 4. The second-order valence-electron chi connectivity index (χ2n) is 14.5. The third-order valence-electron chi connectivity index (χ3n) is 9.67. The Hall–Kier alpha value is -6.39. The first-order valence-electron chi connectivity index (χ1n) is 19.9. The fourth-order valence-electron chi connectivity index (χ4n) is 6.59. The van der Waals surface area contributed by atoms with E-state index >= 15 is 0 Å². The van der Waals surface area contributed by atoms with E-state index in [1.807, 2.05) is 56.3 Å². The number of fused-ring (bicyclic) bond motifs is 1. The van der Waals surface area contributed by atoms with Crippen LogP contribution in [0.3, 0.4) is 0 Å². The molecule has 4 amide bonds. The number of aryl methyl sites for hydroxylation is 1. The number of nitrogens with zero attached hydrogens (tertiary/aromatic N) is 6. The van der Waals surface area contributed by atoms with E-state index in [2.05, 4.69) is 54.1 Å². The molecule has 1 saturated heterocycles. The van der Waals surface area contributed by atoms with Crippen LogP contribution in [0.5, 0.6) is 0 Å². The summed E-state index contributed by atoms with van der Waals surface area (Å²) in [7, 11) is 2.44. The van der Waals surface area contributed by atoms with Crippen molar-refractivity contribution < 1.29 is 33.1 Å². The minimum Gasteiger partial charge on any atom is -0.453 e. The summed E-state index contributed by atoms with van der Waals surface area (Å²) in [5.74, 6) is 0.314. The van der Waals surface area contributed by atoms with Gasteiger partial charge in [-0.05, 0) is 49.3 Å². The van der Waals surface area contributed by atoms with Crippen molar-refractivity contribution in [2.24, 2.45) is 5.92 Å². The quantitative estimate of drug-likeness (QED) is 0.0673. The summed E-state index contributed by atoms with van der Waals surface area (Å²) in [6.45, 7) is 8.03. The van der Waals surface area contributed by atoms with Crippen molar-refractivity contribution in [3.8, 4) is 33.8 Å². The van der Waals surface area contributed by atoms with Crippen LogP contribution in [0.2, 0.25) is 0 Å². The standard InChI is InChI=1S/C39H45FN10O6.C3H8/c1-23(2)35(48-39(54)56-4)37(52)49-16-7-8-32(49)36-43-21-30(47-36)25-12-10-24(11-13-25)29-19-41-28-18-26(14-15-27(28)45-29)31-20-42-33(46-31)9-5-6-17-50(40)34(51)22-44-38(53)55-3;1-3-2/h10-15,18-21,23,32,35H,5-9,16-17,22H2,1-4H3,(H,42,46)(H,43,47)(H,44,53)(H,48,54);3H2,1-2H3. The van der Waals surface area contributed by atoms with Crippen LogP contribution in [0, 0.1) is 5.92 Å². The number of likely N-dealkylation sites (tertiary alicyclic amines) is 1. The van der Waals surface area contributed by atoms with E-state index < -0.39 is 30.7 Å². The summed E-state index contributed by atoms with van der Waals surface area (Å²) < 4.78 is 23.1. The topological polar surface area (TPSA) is 200 Å². The minimum absolute atomic E-state index is 0.0893. The van der Waals surface area contributed by atoms with Gasteiger partial charge in [-0.3, -0.25) is 14.6 Å². The summed E-state index contributed by atoms with van der Waals surface area (Å²) in [6, 6.07) is 12.8. The van der Waals surface area contributed by atoms with Crippen LogP contribution in [0.25, 0.3) is 44.8 Å². The Morgan fingerprint density at radius 3 is 2.27 bits per heavy atom. The van der Waals surface area contributed by atoms with Crippen molar-refractivity contribution in [1.29, 1.82) is 0 Å². The van der Waals surface area contributed by atoms with Crippen LogP contribution < -0.4 is 10.6 Å². The van der Waals surface area contributed by atoms with Gasteiger partial charge < -0.3 is 35.0 Å². The van der Waals surface area contributed by atoms with Crippen LogP contribution >= 0.6 is 0 Å². The molecule has 1 fully saturated rings. The molecule has 59 heavy (non-hydrogen) atoms. The highest BCUT2D eigenvalue weighted by atomic mass is 19.2. The number of carbonyl (C=O) groups excluding carboxylic acids is 4. The molecule has 0 radical (unpaired) electrons. The maximum Gasteiger partial charge on any atom is 0.407 e. The van der Waals surface area contributed by atoms with E-state index in [1.54, 1.807) is 23.5 Å². The van der Waals surface area contributed by atoms with E-state index in [9.17, 15) is 23.7 Å². The fraction of sp³-hybridized carbons (Fsp3) is 0.429. The molecular weight excluding hydrogens is 760 g/mol. The van der Waals surface area contributed by atoms with Gasteiger partial charge in [-0.15, -0.1) is 0 Å². The molecule has 2 atom stereocenters. The zero-order valence-electron chi connectivity index (χ0n) is 34.4. The molecule has 4 heterocycles. The number of imidazole rings is 2. The number of ether oxygens (including phenoxy) is 2. The number of benzene rings is 2. The first kappa shape index (κ1) is 43.7. The van der Waals surface area contributed by atoms with Crippen LogP contribution in [-0.2, 0) is 25.5 Å². The Balaban J connectivity index is 0.00000214. The number of nitrogens with one attached hydrogen (secondary N) is 4. The van der Waals surface area contributed by atoms with Gasteiger partial charge in [0.15, 0.2) is 0 Å². The number of amides is 4. The van der Waals surface area contributed by atoms with Crippen molar-refractivity contribution >= 4 is 35.0 Å². The summed E-state index contributed by atoms with van der Waals surface area (Å²) in [6.07, 6.45) is 8.24. The zero-order chi connectivity index (χ0) is 42.5. The molecule has 0 spiro atoms. The highest BCUT2D eigenvalue weighted by molar-refractivity contribution is 5.86. The van der Waals surface area contributed by atoms with Gasteiger partial charge in [-0.2, -0.15) is 5.12 Å². The van der Waals surface area contributed by atoms with Gasteiger partial charge in [0.05, 0.1) is 73.5 Å². The lowest BCUT2D eigenvalue weighted by molar-refractivity contribution is -0.145. The van der Waals surface area contributed by atoms with Crippen LogP contribution in [0.4, 0.5) is 14.1 Å². The largest absolute Gasteiger partial charge is 0.453 e. The van der Waals surface area contributed by atoms with Gasteiger partial charge in [0.2, 0.25) is 5.91 Å². The SMILES string of the molecule is CCC.COC(=O)NCC(=O)N(F)CCCCc1ncc(-c2ccc3nc(-c4ccc(-c5cnc(C6CCCN6C(=O)C(NC(=O)OC)C(C)C)[nH]5)cc4)cnc3c2)[nH]1. The average molecular weight is 813 g/mol. The molecular formula is C42H53FN10O6. The predicted molar refractivity (Wildman–Crippen MR) is 220 cm³/mol. The van der Waals surface area contributed by atoms with Crippen molar-refractivity contribution in [3.05, 3.63) is 72.7 Å². The molecule has 4 N–H and O–H groups in total. The van der Waals surface area contributed by atoms with E-state index in [0.29, 0.717) is 31.6 Å². The lowest BCUT2D eigenvalue weighted by atomic mass is 10.0. The van der Waals surface area contributed by atoms with Crippen molar-refractivity contribution in [3.63, 3.8) is 0 Å². The number of aromatic amines is 2. The van der Waals surface area contributed by atoms with Crippen LogP contribution in [0.15, 0.2) is 61.1 Å². The van der Waals surface area contributed by atoms with E-state index in [-0.39, 0.29) is 29.5 Å². The molecule has 314 valence electrons. The number of carbonyl (C=O) groups is 4. The second kappa shape index (κ2) is 20.9. The summed E-state index contributed by atoms with van der Waals surface area (Å²) in [4.78, 5) is 75.4. The molecule has 1 aliphatic heterocycles. The smallest absolute Gasteiger partial charge is 0.407 e. The van der Waals surface area contributed by atoms with Crippen molar-refractivity contribution in [2.45, 2.75) is 78.3 Å². The lowest BCUT2D eigenvalue weighted by Crippen LogP contribution is -2.51. The Morgan fingerprint density at radius 1 is 0.881 bits per heavy atom. The number of methoxy groups -OCH3 is 2. The monoisotopic (exact) mass is 812 g/mol. The lowest BCUT2D eigenvalue weighted by Gasteiger charge is -2.30. The number of H-pyrrole nitrogens is 2. The van der Waals surface area contributed by atoms with Gasteiger partial charge in [0.1, 0.15) is 24.2 Å². The highest BCUT2D eigenvalue weighted by Gasteiger charge is 2.37. The molecule has 0 saturated carbocycles. The normalized spacial score (nSPS) is 14.0. The number of hydrogen-bond acceptors (Lipinski definition) is 10. The highest BCUT2D eigenvalue weighted by Crippen LogP contribution is 2.33. The number of halogens is 1. The van der Waals surface area contributed by atoms with Gasteiger partial charge >= 0.3 is 12.2 Å². The Labute approximate surface area is 342 Å². The van der Waals surface area contributed by atoms with Crippen molar-refractivity contribution in [1.82, 2.24) is 50.6 Å². The third-order valence-corrected chi connectivity index (χ3v) is 9.67. The molecule has 17 heteroatoms. The van der Waals surface area contributed by atoms with Crippen LogP contribution in [0.1, 0.15) is 77.5 Å².